The fraction of sp³-hybridized carbons (Fsp3) is 0.938. The predicted octanol–water partition coefficient (Wildman–Crippen LogP) is 12.5. The fourth-order valence-corrected chi connectivity index (χ4v) is 8.14. The quantitative estimate of drug-likeness (QED) is 0.0377. The number of carbonyl (C=O) groups is 3. The van der Waals surface area contributed by atoms with E-state index in [1.807, 2.05) is 19.0 Å². The van der Waals surface area contributed by atoms with Gasteiger partial charge in [0, 0.05) is 12.8 Å². The van der Waals surface area contributed by atoms with Gasteiger partial charge in [0.15, 0.2) is 0 Å². The smallest absolute Gasteiger partial charge is 0.320 e. The third-order valence-corrected chi connectivity index (χ3v) is 11.8. The molecule has 0 aromatic heterocycles. The van der Waals surface area contributed by atoms with Crippen molar-refractivity contribution in [1.29, 1.82) is 0 Å². The van der Waals surface area contributed by atoms with Gasteiger partial charge in [0.1, 0.15) is 18.3 Å². The Morgan fingerprint density at radius 2 is 0.911 bits per heavy atom. The highest BCUT2D eigenvalue weighted by Crippen LogP contribution is 2.33. The lowest BCUT2D eigenvalue weighted by Crippen LogP contribution is -2.47. The van der Waals surface area contributed by atoms with E-state index in [1.54, 1.807) is 0 Å². The Kier molecular flexibility index (Phi) is 33.0. The Hall–Kier alpha value is -1.67. The summed E-state index contributed by atoms with van der Waals surface area (Å²) in [6.45, 7) is 9.19. The zero-order valence-corrected chi connectivity index (χ0v) is 37.6. The molecule has 2 fully saturated rings. The lowest BCUT2D eigenvalue weighted by molar-refractivity contribution is -0.190. The van der Waals surface area contributed by atoms with Gasteiger partial charge in [0.05, 0.1) is 24.5 Å². The molecule has 0 amide bonds. The Bertz CT molecular complexity index is 958. The van der Waals surface area contributed by atoms with Crippen LogP contribution in [0.15, 0.2) is 0 Å². The van der Waals surface area contributed by atoms with Crippen molar-refractivity contribution in [3.05, 3.63) is 0 Å². The molecule has 8 nitrogen and oxygen atoms in total. The fourth-order valence-electron chi connectivity index (χ4n) is 8.14. The first-order valence-electron chi connectivity index (χ1n) is 24.1. The standard InChI is InChI=1S/C26H49NO4.C22H42O3/c1-5-7-9-11-12-13-14-15-16-18-22(30-25(28)21-27(3)4)20-24-23(26(29)31-24)19-17-10-8-6-2;1-3-5-7-9-10-11-12-13-14-16-19(23)18-21-20(22(24)25-21)17-15-8-6-4-2/h22-24H,5-21H2,1-4H3;19-21,23H,3-18H2,1-2H3/t22-,23-,24?;19-,20+,21+/m01/s1. The van der Waals surface area contributed by atoms with Gasteiger partial charge >= 0.3 is 17.9 Å². The third kappa shape index (κ3) is 26.4. The number of rotatable bonds is 37. The SMILES string of the molecule is CCCCCCCCCCC[C@@H](CC1OC(=O)[C@H]1CCCCCC)OC(=O)CN(C)C.CCCCCCCCCCC[C@@H](O)C[C@@H]1OC(=O)[C@H]1CCCCCC. The van der Waals surface area contributed by atoms with Gasteiger partial charge < -0.3 is 19.3 Å². The molecule has 0 saturated carbocycles. The lowest BCUT2D eigenvalue weighted by Gasteiger charge is -2.37. The summed E-state index contributed by atoms with van der Waals surface area (Å²) in [5, 5.41) is 10.2. The molecule has 8 heteroatoms. The number of hydrogen-bond acceptors (Lipinski definition) is 8. The molecule has 2 rings (SSSR count). The molecule has 0 aromatic rings. The van der Waals surface area contributed by atoms with Gasteiger partial charge in [0.2, 0.25) is 0 Å². The first-order valence-corrected chi connectivity index (χ1v) is 24.1. The summed E-state index contributed by atoms with van der Waals surface area (Å²) in [6, 6.07) is 0. The molecule has 56 heavy (non-hydrogen) atoms. The average Bonchev–Trinajstić information content (AvgIpc) is 3.15. The molecule has 2 saturated heterocycles. The van der Waals surface area contributed by atoms with Gasteiger partial charge in [-0.2, -0.15) is 0 Å². The molecule has 330 valence electrons. The number of carbonyl (C=O) groups excluding carboxylic acids is 3. The van der Waals surface area contributed by atoms with Gasteiger partial charge in [-0.3, -0.25) is 19.3 Å². The highest BCUT2D eigenvalue weighted by Gasteiger charge is 2.43. The van der Waals surface area contributed by atoms with Gasteiger partial charge in [-0.1, -0.05) is 188 Å². The van der Waals surface area contributed by atoms with Crippen LogP contribution < -0.4 is 0 Å². The van der Waals surface area contributed by atoms with Gasteiger partial charge in [-0.25, -0.2) is 0 Å². The molecule has 2 heterocycles. The van der Waals surface area contributed by atoms with Crippen molar-refractivity contribution in [3.8, 4) is 0 Å². The molecule has 2 aliphatic heterocycles. The largest absolute Gasteiger partial charge is 0.461 e. The van der Waals surface area contributed by atoms with Crippen LogP contribution in [0.2, 0.25) is 0 Å². The monoisotopic (exact) mass is 794 g/mol. The van der Waals surface area contributed by atoms with E-state index in [4.69, 9.17) is 14.2 Å². The molecular formula is C48H91NO7. The van der Waals surface area contributed by atoms with E-state index in [-0.39, 0.29) is 54.2 Å². The lowest BCUT2D eigenvalue weighted by atomic mass is 9.86. The number of hydrogen-bond donors (Lipinski definition) is 1. The van der Waals surface area contributed by atoms with Gasteiger partial charge in [-0.15, -0.1) is 0 Å². The van der Waals surface area contributed by atoms with E-state index in [9.17, 15) is 19.5 Å². The topological polar surface area (TPSA) is 102 Å². The second kappa shape index (κ2) is 35.3. The summed E-state index contributed by atoms with van der Waals surface area (Å²) < 4.78 is 16.5. The second-order valence-corrected chi connectivity index (χ2v) is 17.6. The first-order chi connectivity index (χ1) is 27.2. The average molecular weight is 794 g/mol. The van der Waals surface area contributed by atoms with Crippen LogP contribution in [0.1, 0.15) is 233 Å². The van der Waals surface area contributed by atoms with Crippen molar-refractivity contribution in [1.82, 2.24) is 4.90 Å². The first kappa shape index (κ1) is 52.3. The van der Waals surface area contributed by atoms with E-state index in [2.05, 4.69) is 27.7 Å². The summed E-state index contributed by atoms with van der Waals surface area (Å²) in [6.07, 6.45) is 37.0. The molecule has 0 spiro atoms. The maximum Gasteiger partial charge on any atom is 0.320 e. The Morgan fingerprint density at radius 3 is 1.30 bits per heavy atom. The number of unbranched alkanes of at least 4 members (excludes halogenated alkanes) is 22. The number of likely N-dealkylation sites (N-methyl/N-ethyl adjacent to an activating group) is 1. The summed E-state index contributed by atoms with van der Waals surface area (Å²) in [4.78, 5) is 37.6. The number of esters is 3. The van der Waals surface area contributed by atoms with Crippen molar-refractivity contribution in [2.75, 3.05) is 20.6 Å². The van der Waals surface area contributed by atoms with Crippen LogP contribution in [0.25, 0.3) is 0 Å². The van der Waals surface area contributed by atoms with Crippen LogP contribution in [-0.2, 0) is 28.6 Å². The minimum atomic E-state index is -0.305. The highest BCUT2D eigenvalue weighted by molar-refractivity contribution is 5.79. The summed E-state index contributed by atoms with van der Waals surface area (Å²) >= 11 is 0. The van der Waals surface area contributed by atoms with Crippen LogP contribution >= 0.6 is 0 Å². The van der Waals surface area contributed by atoms with Crippen molar-refractivity contribution in [2.45, 2.75) is 258 Å². The van der Waals surface area contributed by atoms with Gasteiger partial charge in [-0.05, 0) is 46.2 Å². The maximum absolute atomic E-state index is 12.2. The van der Waals surface area contributed by atoms with Crippen LogP contribution in [0.3, 0.4) is 0 Å². The van der Waals surface area contributed by atoms with Crippen molar-refractivity contribution < 1.29 is 33.7 Å². The molecule has 0 aromatic carbocycles. The molecule has 0 radical (unpaired) electrons. The summed E-state index contributed by atoms with van der Waals surface area (Å²) in [5.41, 5.74) is 0. The number of aliphatic hydroxyl groups is 1. The zero-order chi connectivity index (χ0) is 41.2. The molecule has 2 aliphatic rings. The molecular weight excluding hydrogens is 703 g/mol. The summed E-state index contributed by atoms with van der Waals surface area (Å²) in [7, 11) is 3.74. The molecule has 1 unspecified atom stereocenters. The number of nitrogens with zero attached hydrogens (tertiary/aromatic N) is 1. The number of ether oxygens (including phenoxy) is 3. The van der Waals surface area contributed by atoms with E-state index in [0.29, 0.717) is 19.4 Å². The van der Waals surface area contributed by atoms with E-state index in [1.165, 1.54) is 141 Å². The Morgan fingerprint density at radius 1 is 0.554 bits per heavy atom. The van der Waals surface area contributed by atoms with E-state index >= 15 is 0 Å². The van der Waals surface area contributed by atoms with Crippen LogP contribution in [0, 0.1) is 11.8 Å². The summed E-state index contributed by atoms with van der Waals surface area (Å²) in [5.74, 6) is -0.250. The Balaban J connectivity index is 0.000000573. The van der Waals surface area contributed by atoms with Crippen molar-refractivity contribution in [2.24, 2.45) is 11.8 Å². The molecule has 1 N–H and O–H groups in total. The zero-order valence-electron chi connectivity index (χ0n) is 37.6. The van der Waals surface area contributed by atoms with Crippen molar-refractivity contribution >= 4 is 17.9 Å². The van der Waals surface area contributed by atoms with Crippen LogP contribution in [0.4, 0.5) is 0 Å². The van der Waals surface area contributed by atoms with Crippen LogP contribution in [-0.4, -0.2) is 73.0 Å². The van der Waals surface area contributed by atoms with Gasteiger partial charge in [0.25, 0.3) is 0 Å². The third-order valence-electron chi connectivity index (χ3n) is 11.8. The highest BCUT2D eigenvalue weighted by atomic mass is 16.6. The van der Waals surface area contributed by atoms with E-state index < -0.39 is 0 Å². The van der Waals surface area contributed by atoms with Crippen LogP contribution in [0.5, 0.6) is 0 Å². The Labute approximate surface area is 345 Å². The van der Waals surface area contributed by atoms with E-state index in [0.717, 1.165) is 51.4 Å². The number of aliphatic hydroxyl groups excluding tert-OH is 1. The molecule has 6 atom stereocenters. The number of cyclic esters (lactones) is 2. The minimum Gasteiger partial charge on any atom is -0.461 e. The molecule has 0 aliphatic carbocycles. The molecule has 0 bridgehead atoms. The van der Waals surface area contributed by atoms with Crippen molar-refractivity contribution in [3.63, 3.8) is 0 Å². The maximum atomic E-state index is 12.2. The normalized spacial score (nSPS) is 20.0. The second-order valence-electron chi connectivity index (χ2n) is 17.6. The predicted molar refractivity (Wildman–Crippen MR) is 232 cm³/mol. The minimum absolute atomic E-state index is 0.00460.